The quantitative estimate of drug-likeness (QED) is 0.348. The number of fused-ring (bicyclic) bond motifs is 3. The Labute approximate surface area is 180 Å². The van der Waals surface area contributed by atoms with E-state index in [4.69, 9.17) is 4.74 Å². The zero-order valence-corrected chi connectivity index (χ0v) is 17.3. The van der Waals surface area contributed by atoms with E-state index in [1.807, 2.05) is 6.07 Å². The van der Waals surface area contributed by atoms with E-state index in [1.54, 1.807) is 25.1 Å². The van der Waals surface area contributed by atoms with Crippen molar-refractivity contribution in [2.75, 3.05) is 0 Å². The van der Waals surface area contributed by atoms with Gasteiger partial charge in [-0.3, -0.25) is 14.4 Å². The van der Waals surface area contributed by atoms with Gasteiger partial charge in [-0.15, -0.1) is 0 Å². The van der Waals surface area contributed by atoms with E-state index < -0.39 is 34.4 Å². The molecule has 0 radical (unpaired) electrons. The second kappa shape index (κ2) is 7.01. The number of esters is 1. The van der Waals surface area contributed by atoms with E-state index in [2.05, 4.69) is 5.32 Å². The maximum atomic E-state index is 13.7. The molecule has 31 heavy (non-hydrogen) atoms. The van der Waals surface area contributed by atoms with Crippen molar-refractivity contribution in [3.05, 3.63) is 65.5 Å². The van der Waals surface area contributed by atoms with Crippen molar-refractivity contribution in [3.8, 4) is 5.75 Å². The van der Waals surface area contributed by atoms with Crippen LogP contribution >= 0.6 is 0 Å². The molecule has 3 aliphatic rings. The highest BCUT2D eigenvalue weighted by Crippen LogP contribution is 2.78. The molecule has 5 nitrogen and oxygen atoms in total. The van der Waals surface area contributed by atoms with E-state index in [0.29, 0.717) is 11.3 Å². The van der Waals surface area contributed by atoms with Crippen LogP contribution in [-0.4, -0.2) is 23.7 Å². The van der Waals surface area contributed by atoms with E-state index >= 15 is 0 Å². The molecule has 5 rings (SSSR count). The first-order valence-corrected chi connectivity index (χ1v) is 10.8. The summed E-state index contributed by atoms with van der Waals surface area (Å²) in [5, 5.41) is 3.05. The summed E-state index contributed by atoms with van der Waals surface area (Å²) in [5.41, 5.74) is -1.98. The lowest BCUT2D eigenvalue weighted by atomic mass is 9.85. The molecule has 2 aliphatic carbocycles. The number of hydrogen-bond donors (Lipinski definition) is 1. The van der Waals surface area contributed by atoms with Crippen LogP contribution in [0.25, 0.3) is 0 Å². The van der Waals surface area contributed by atoms with Gasteiger partial charge in [-0.1, -0.05) is 37.5 Å². The van der Waals surface area contributed by atoms with Crippen molar-refractivity contribution in [1.29, 1.82) is 0 Å². The molecule has 3 atom stereocenters. The molecule has 1 amide bonds. The number of amides is 1. The zero-order valence-electron chi connectivity index (χ0n) is 17.3. The van der Waals surface area contributed by atoms with Crippen molar-refractivity contribution in [2.45, 2.75) is 51.0 Å². The van der Waals surface area contributed by atoms with Crippen LogP contribution in [0.3, 0.4) is 0 Å². The predicted molar refractivity (Wildman–Crippen MR) is 111 cm³/mol. The molecule has 0 spiro atoms. The SMILES string of the molecule is C[C@@]1(C(=O)c2ccc(F)cc2)[C@H]2c3ccccc3OC(=O)[C@@]21C(=O)NC1CCCCC1. The Morgan fingerprint density at radius 3 is 2.42 bits per heavy atom. The molecule has 1 aliphatic heterocycles. The number of Topliss-reactive ketones (excluding diaryl/α,β-unsaturated/α-hetero) is 1. The zero-order chi connectivity index (χ0) is 21.8. The Morgan fingerprint density at radius 2 is 1.71 bits per heavy atom. The minimum atomic E-state index is -1.62. The highest BCUT2D eigenvalue weighted by Gasteiger charge is 2.88. The van der Waals surface area contributed by atoms with E-state index in [0.717, 1.165) is 32.1 Å². The first-order chi connectivity index (χ1) is 14.9. The number of ketones is 1. The summed E-state index contributed by atoms with van der Waals surface area (Å²) in [6.07, 6.45) is 4.92. The molecule has 160 valence electrons. The van der Waals surface area contributed by atoms with Crippen LogP contribution in [0.4, 0.5) is 4.39 Å². The van der Waals surface area contributed by atoms with Gasteiger partial charge in [0.2, 0.25) is 5.91 Å². The summed E-state index contributed by atoms with van der Waals surface area (Å²) >= 11 is 0. The monoisotopic (exact) mass is 421 g/mol. The summed E-state index contributed by atoms with van der Waals surface area (Å²) in [5.74, 6) is -2.19. The topological polar surface area (TPSA) is 72.5 Å². The molecule has 6 heteroatoms. The third-order valence-corrected chi connectivity index (χ3v) is 7.38. The Bertz CT molecular complexity index is 1080. The summed E-state index contributed by atoms with van der Waals surface area (Å²) in [6, 6.07) is 12.3. The lowest BCUT2D eigenvalue weighted by Gasteiger charge is -2.28. The molecule has 2 saturated carbocycles. The number of rotatable bonds is 4. The lowest BCUT2D eigenvalue weighted by Crippen LogP contribution is -2.49. The number of ether oxygens (including phenoxy) is 1. The maximum absolute atomic E-state index is 13.7. The molecule has 0 unspecified atom stereocenters. The smallest absolute Gasteiger partial charge is 0.328 e. The maximum Gasteiger partial charge on any atom is 0.328 e. The van der Waals surface area contributed by atoms with Gasteiger partial charge in [0, 0.05) is 23.1 Å². The Hall–Kier alpha value is -3.02. The second-order valence-corrected chi connectivity index (χ2v) is 9.02. The average Bonchev–Trinajstić information content (AvgIpc) is 3.38. The van der Waals surface area contributed by atoms with Gasteiger partial charge in [0.15, 0.2) is 11.2 Å². The number of carbonyl (C=O) groups excluding carboxylic acids is 3. The van der Waals surface area contributed by atoms with E-state index in [1.165, 1.54) is 24.3 Å². The highest BCUT2D eigenvalue weighted by atomic mass is 19.1. The largest absolute Gasteiger partial charge is 0.425 e. The van der Waals surface area contributed by atoms with Crippen LogP contribution in [0.15, 0.2) is 48.5 Å². The number of benzene rings is 2. The van der Waals surface area contributed by atoms with Crippen molar-refractivity contribution in [1.82, 2.24) is 5.32 Å². The predicted octanol–water partition coefficient (Wildman–Crippen LogP) is 4.17. The van der Waals surface area contributed by atoms with Crippen molar-refractivity contribution >= 4 is 17.7 Å². The van der Waals surface area contributed by atoms with Crippen molar-refractivity contribution in [2.24, 2.45) is 10.8 Å². The van der Waals surface area contributed by atoms with E-state index in [-0.39, 0.29) is 17.4 Å². The van der Waals surface area contributed by atoms with Crippen molar-refractivity contribution < 1.29 is 23.5 Å². The summed E-state index contributed by atoms with van der Waals surface area (Å²) < 4.78 is 19.0. The molecule has 0 aromatic heterocycles. The summed E-state index contributed by atoms with van der Waals surface area (Å²) in [4.78, 5) is 40.6. The van der Waals surface area contributed by atoms with Crippen LogP contribution in [0.1, 0.15) is 60.9 Å². The Kier molecular flexibility index (Phi) is 4.50. The van der Waals surface area contributed by atoms with Crippen LogP contribution in [-0.2, 0) is 9.59 Å². The van der Waals surface area contributed by atoms with Gasteiger partial charge >= 0.3 is 5.97 Å². The van der Waals surface area contributed by atoms with E-state index in [9.17, 15) is 18.8 Å². The molecule has 0 saturated heterocycles. The van der Waals surface area contributed by atoms with Crippen LogP contribution in [0, 0.1) is 16.6 Å². The Balaban J connectivity index is 1.59. The number of nitrogens with one attached hydrogen (secondary N) is 1. The number of hydrogen-bond acceptors (Lipinski definition) is 4. The Morgan fingerprint density at radius 1 is 1.03 bits per heavy atom. The van der Waals surface area contributed by atoms with Crippen LogP contribution in [0.5, 0.6) is 5.75 Å². The van der Waals surface area contributed by atoms with Gasteiger partial charge in [-0.2, -0.15) is 0 Å². The third kappa shape index (κ3) is 2.70. The molecular weight excluding hydrogens is 397 g/mol. The van der Waals surface area contributed by atoms with Gasteiger partial charge in [-0.05, 0) is 50.1 Å². The van der Waals surface area contributed by atoms with Crippen molar-refractivity contribution in [3.63, 3.8) is 0 Å². The van der Waals surface area contributed by atoms with Gasteiger partial charge in [0.1, 0.15) is 11.6 Å². The highest BCUT2D eigenvalue weighted by molar-refractivity contribution is 6.21. The number of halogens is 1. The third-order valence-electron chi connectivity index (χ3n) is 7.38. The summed E-state index contributed by atoms with van der Waals surface area (Å²) in [7, 11) is 0. The standard InChI is InChI=1S/C25H24FNO4/c1-24(21(28)15-11-13-16(26)14-12-15)20-18-9-5-6-10-19(18)31-23(30)25(20,24)22(29)27-17-7-3-2-4-8-17/h5-6,9-14,17,20H,2-4,7-8H2,1H3,(H,27,29)/t20-,24+,25+/m1/s1. The van der Waals surface area contributed by atoms with Gasteiger partial charge in [0.25, 0.3) is 0 Å². The number of carbonyl (C=O) groups is 3. The fourth-order valence-electron chi connectivity index (χ4n) is 5.70. The first kappa shape index (κ1) is 19.9. The minimum absolute atomic E-state index is 0.00739. The lowest BCUT2D eigenvalue weighted by molar-refractivity contribution is -0.149. The molecule has 1 N–H and O–H groups in total. The molecule has 2 aromatic carbocycles. The molecule has 1 heterocycles. The molecular formula is C25H24FNO4. The average molecular weight is 421 g/mol. The summed E-state index contributed by atoms with van der Waals surface area (Å²) in [6.45, 7) is 1.66. The first-order valence-electron chi connectivity index (χ1n) is 10.8. The fourth-order valence-corrected chi connectivity index (χ4v) is 5.70. The van der Waals surface area contributed by atoms with Gasteiger partial charge < -0.3 is 10.1 Å². The molecule has 2 aromatic rings. The second-order valence-electron chi connectivity index (χ2n) is 9.02. The normalized spacial score (nSPS) is 29.4. The van der Waals surface area contributed by atoms with Gasteiger partial charge in [0.05, 0.1) is 5.41 Å². The number of para-hydroxylation sites is 1. The fraction of sp³-hybridized carbons (Fsp3) is 0.400. The molecule has 2 fully saturated rings. The van der Waals surface area contributed by atoms with Gasteiger partial charge in [-0.25, -0.2) is 4.39 Å². The molecule has 0 bridgehead atoms. The van der Waals surface area contributed by atoms with Crippen LogP contribution < -0.4 is 10.1 Å². The minimum Gasteiger partial charge on any atom is -0.425 e. The van der Waals surface area contributed by atoms with Crippen LogP contribution in [0.2, 0.25) is 0 Å².